The lowest BCUT2D eigenvalue weighted by Gasteiger charge is -2.08. The molecule has 0 radical (unpaired) electrons. The maximum Gasteiger partial charge on any atom is 0.149 e. The van der Waals surface area contributed by atoms with Crippen molar-refractivity contribution in [2.24, 2.45) is 0 Å². The van der Waals surface area contributed by atoms with Crippen LogP contribution in [0.15, 0.2) is 18.2 Å². The molecule has 0 aliphatic heterocycles. The second-order valence-electron chi connectivity index (χ2n) is 3.47. The zero-order valence-corrected chi connectivity index (χ0v) is 9.57. The number of hydrogen-bond donors (Lipinski definition) is 1. The van der Waals surface area contributed by atoms with E-state index in [1.54, 1.807) is 19.1 Å². The van der Waals surface area contributed by atoms with Gasteiger partial charge in [0, 0.05) is 24.1 Å². The van der Waals surface area contributed by atoms with Gasteiger partial charge in [0.05, 0.1) is 5.75 Å². The number of anilines is 1. The summed E-state index contributed by atoms with van der Waals surface area (Å²) in [6.07, 6.45) is 1.17. The zero-order chi connectivity index (χ0) is 11.5. The molecule has 0 atom stereocenters. The standard InChI is InChI=1S/C10H14FNO2S/c1-8-9(11)4-3-5-10(8)12-6-7-15(2,13)14/h3-5,12H,6-7H2,1-2H3. The van der Waals surface area contributed by atoms with Crippen molar-refractivity contribution in [3.05, 3.63) is 29.6 Å². The molecule has 1 aromatic rings. The Balaban J connectivity index is 2.62. The molecule has 15 heavy (non-hydrogen) atoms. The number of halogens is 1. The number of sulfone groups is 1. The molecule has 5 heteroatoms. The van der Waals surface area contributed by atoms with E-state index in [0.29, 0.717) is 17.8 Å². The average molecular weight is 231 g/mol. The first-order chi connectivity index (χ1) is 6.90. The minimum atomic E-state index is -2.97. The van der Waals surface area contributed by atoms with Gasteiger partial charge < -0.3 is 5.32 Å². The van der Waals surface area contributed by atoms with Gasteiger partial charge in [-0.1, -0.05) is 6.07 Å². The first kappa shape index (κ1) is 12.0. The number of benzene rings is 1. The monoisotopic (exact) mass is 231 g/mol. The van der Waals surface area contributed by atoms with E-state index in [-0.39, 0.29) is 11.6 Å². The third-order valence-corrected chi connectivity index (χ3v) is 3.00. The molecule has 0 fully saturated rings. The van der Waals surface area contributed by atoms with E-state index >= 15 is 0 Å². The van der Waals surface area contributed by atoms with E-state index in [1.807, 2.05) is 0 Å². The van der Waals surface area contributed by atoms with E-state index in [1.165, 1.54) is 12.3 Å². The Morgan fingerprint density at radius 2 is 2.07 bits per heavy atom. The summed E-state index contributed by atoms with van der Waals surface area (Å²) in [5.41, 5.74) is 1.14. The summed E-state index contributed by atoms with van der Waals surface area (Å²) in [6.45, 7) is 1.95. The SMILES string of the molecule is Cc1c(F)cccc1NCCS(C)(=O)=O. The van der Waals surface area contributed by atoms with Crippen molar-refractivity contribution >= 4 is 15.5 Å². The van der Waals surface area contributed by atoms with Gasteiger partial charge in [-0.05, 0) is 19.1 Å². The molecule has 0 unspecified atom stereocenters. The molecule has 0 aliphatic rings. The minimum absolute atomic E-state index is 0.0446. The summed E-state index contributed by atoms with van der Waals surface area (Å²) >= 11 is 0. The van der Waals surface area contributed by atoms with Crippen LogP contribution >= 0.6 is 0 Å². The summed E-state index contributed by atoms with van der Waals surface area (Å²) in [4.78, 5) is 0. The van der Waals surface area contributed by atoms with Crippen LogP contribution in [-0.4, -0.2) is 27.0 Å². The normalized spacial score (nSPS) is 11.4. The van der Waals surface area contributed by atoms with Crippen LogP contribution < -0.4 is 5.32 Å². The van der Waals surface area contributed by atoms with E-state index in [4.69, 9.17) is 0 Å². The molecule has 0 amide bonds. The summed E-state index contributed by atoms with van der Waals surface area (Å²) in [7, 11) is -2.97. The van der Waals surface area contributed by atoms with Crippen LogP contribution in [0.5, 0.6) is 0 Å². The van der Waals surface area contributed by atoms with Crippen molar-refractivity contribution < 1.29 is 12.8 Å². The predicted octanol–water partition coefficient (Wildman–Crippen LogP) is 1.59. The van der Waals surface area contributed by atoms with Gasteiger partial charge in [-0.2, -0.15) is 0 Å². The predicted molar refractivity (Wildman–Crippen MR) is 59.3 cm³/mol. The van der Waals surface area contributed by atoms with Gasteiger partial charge >= 0.3 is 0 Å². The van der Waals surface area contributed by atoms with Crippen molar-refractivity contribution in [3.63, 3.8) is 0 Å². The maximum absolute atomic E-state index is 13.1. The highest BCUT2D eigenvalue weighted by atomic mass is 32.2. The lowest BCUT2D eigenvalue weighted by Crippen LogP contribution is -2.14. The summed E-state index contributed by atoms with van der Waals surface area (Å²) in [6, 6.07) is 4.68. The van der Waals surface area contributed by atoms with Gasteiger partial charge in [0.25, 0.3) is 0 Å². The second kappa shape index (κ2) is 4.61. The van der Waals surface area contributed by atoms with Gasteiger partial charge in [0.15, 0.2) is 0 Å². The van der Waals surface area contributed by atoms with Crippen molar-refractivity contribution in [2.75, 3.05) is 23.9 Å². The molecule has 84 valence electrons. The fourth-order valence-electron chi connectivity index (χ4n) is 1.17. The molecule has 1 rings (SSSR count). The molecule has 1 aromatic carbocycles. The van der Waals surface area contributed by atoms with Crippen molar-refractivity contribution in [2.45, 2.75) is 6.92 Å². The van der Waals surface area contributed by atoms with Crippen LogP contribution in [0.4, 0.5) is 10.1 Å². The molecule has 3 nitrogen and oxygen atoms in total. The fraction of sp³-hybridized carbons (Fsp3) is 0.400. The molecule has 1 N–H and O–H groups in total. The number of hydrogen-bond acceptors (Lipinski definition) is 3. The lowest BCUT2D eigenvalue weighted by molar-refractivity contribution is 0.602. The van der Waals surface area contributed by atoms with Crippen LogP contribution in [0.25, 0.3) is 0 Å². The first-order valence-electron chi connectivity index (χ1n) is 4.57. The Hall–Kier alpha value is -1.10. The summed E-state index contributed by atoms with van der Waals surface area (Å²) in [5, 5.41) is 2.89. The number of nitrogens with one attached hydrogen (secondary N) is 1. The largest absolute Gasteiger partial charge is 0.384 e. The molecule has 0 bridgehead atoms. The van der Waals surface area contributed by atoms with E-state index in [2.05, 4.69) is 5.32 Å². The van der Waals surface area contributed by atoms with Crippen molar-refractivity contribution in [3.8, 4) is 0 Å². The molecular formula is C10H14FNO2S. The third-order valence-electron chi connectivity index (χ3n) is 2.06. The van der Waals surface area contributed by atoms with Crippen molar-refractivity contribution in [1.82, 2.24) is 0 Å². The molecule has 0 aromatic heterocycles. The molecule has 0 spiro atoms. The first-order valence-corrected chi connectivity index (χ1v) is 6.63. The highest BCUT2D eigenvalue weighted by molar-refractivity contribution is 7.90. The van der Waals surface area contributed by atoms with Crippen LogP contribution in [0, 0.1) is 12.7 Å². The number of rotatable bonds is 4. The quantitative estimate of drug-likeness (QED) is 0.856. The molecule has 0 saturated carbocycles. The van der Waals surface area contributed by atoms with Gasteiger partial charge in [-0.15, -0.1) is 0 Å². The van der Waals surface area contributed by atoms with Crippen LogP contribution in [0.2, 0.25) is 0 Å². The third kappa shape index (κ3) is 3.87. The molecule has 0 saturated heterocycles. The molecule has 0 heterocycles. The highest BCUT2D eigenvalue weighted by Crippen LogP contribution is 2.16. The van der Waals surface area contributed by atoms with Gasteiger partial charge in [-0.3, -0.25) is 0 Å². The Morgan fingerprint density at radius 3 is 2.67 bits per heavy atom. The van der Waals surface area contributed by atoms with Gasteiger partial charge in [-0.25, -0.2) is 12.8 Å². The summed E-state index contributed by atoms with van der Waals surface area (Å²) in [5.74, 6) is -0.248. The maximum atomic E-state index is 13.1. The molecular weight excluding hydrogens is 217 g/mol. The Morgan fingerprint density at radius 1 is 1.40 bits per heavy atom. The van der Waals surface area contributed by atoms with Gasteiger partial charge in [0.2, 0.25) is 0 Å². The van der Waals surface area contributed by atoms with Crippen molar-refractivity contribution in [1.29, 1.82) is 0 Å². The Kier molecular flexibility index (Phi) is 3.68. The van der Waals surface area contributed by atoms with E-state index in [0.717, 1.165) is 0 Å². The van der Waals surface area contributed by atoms with Crippen LogP contribution in [-0.2, 0) is 9.84 Å². The minimum Gasteiger partial charge on any atom is -0.384 e. The fourth-order valence-corrected chi connectivity index (χ4v) is 1.64. The average Bonchev–Trinajstić information content (AvgIpc) is 2.10. The van der Waals surface area contributed by atoms with E-state index in [9.17, 15) is 12.8 Å². The Labute approximate surface area is 89.2 Å². The Bertz CT molecular complexity index is 443. The zero-order valence-electron chi connectivity index (χ0n) is 8.75. The topological polar surface area (TPSA) is 46.2 Å². The molecule has 0 aliphatic carbocycles. The lowest BCUT2D eigenvalue weighted by atomic mass is 10.2. The smallest absolute Gasteiger partial charge is 0.149 e. The van der Waals surface area contributed by atoms with Crippen LogP contribution in [0.1, 0.15) is 5.56 Å². The van der Waals surface area contributed by atoms with Crippen LogP contribution in [0.3, 0.4) is 0 Å². The summed E-state index contributed by atoms with van der Waals surface area (Å²) < 4.78 is 34.8. The second-order valence-corrected chi connectivity index (χ2v) is 5.73. The van der Waals surface area contributed by atoms with E-state index < -0.39 is 9.84 Å². The highest BCUT2D eigenvalue weighted by Gasteiger charge is 2.04. The van der Waals surface area contributed by atoms with Gasteiger partial charge in [0.1, 0.15) is 15.7 Å².